The van der Waals surface area contributed by atoms with E-state index in [4.69, 9.17) is 0 Å². The number of aromatic nitrogens is 1. The lowest BCUT2D eigenvalue weighted by Crippen LogP contribution is -2.14. The molecule has 0 fully saturated rings. The molecule has 0 N–H and O–H groups in total. The van der Waals surface area contributed by atoms with E-state index < -0.39 is 0 Å². The minimum atomic E-state index is 0.419. The molecule has 0 aliphatic heterocycles. The van der Waals surface area contributed by atoms with E-state index in [0.717, 1.165) is 6.42 Å². The molecule has 0 aliphatic rings. The second-order valence-corrected chi connectivity index (χ2v) is 4.79. The summed E-state index contributed by atoms with van der Waals surface area (Å²) in [7, 11) is 0. The van der Waals surface area contributed by atoms with Crippen LogP contribution < -0.4 is 0 Å². The van der Waals surface area contributed by atoms with Crippen LogP contribution in [-0.2, 0) is 6.42 Å². The summed E-state index contributed by atoms with van der Waals surface area (Å²) >= 11 is 1.69. The van der Waals surface area contributed by atoms with Crippen molar-refractivity contribution in [2.45, 2.75) is 40.0 Å². The molecule has 12 heavy (non-hydrogen) atoms. The van der Waals surface area contributed by atoms with Crippen molar-refractivity contribution in [2.75, 3.05) is 0 Å². The van der Waals surface area contributed by atoms with E-state index in [2.05, 4.69) is 31.1 Å². The van der Waals surface area contributed by atoms with Crippen LogP contribution >= 0.6 is 11.3 Å². The maximum absolute atomic E-state index is 4.30. The topological polar surface area (TPSA) is 12.9 Å². The van der Waals surface area contributed by atoms with E-state index in [1.807, 2.05) is 5.51 Å². The average molecular weight is 183 g/mol. The smallest absolute Gasteiger partial charge is 0.0794 e. The molecule has 0 bridgehead atoms. The monoisotopic (exact) mass is 183 g/mol. The first-order chi connectivity index (χ1) is 5.64. The molecule has 0 saturated carbocycles. The summed E-state index contributed by atoms with van der Waals surface area (Å²) < 4.78 is 0. The Labute approximate surface area is 78.8 Å². The molecule has 1 rings (SSSR count). The quantitative estimate of drug-likeness (QED) is 0.696. The number of hydrogen-bond donors (Lipinski definition) is 0. The molecule has 0 spiro atoms. The Balaban J connectivity index is 2.50. The summed E-state index contributed by atoms with van der Waals surface area (Å²) in [6.45, 7) is 6.87. The van der Waals surface area contributed by atoms with Crippen LogP contribution in [0.25, 0.3) is 0 Å². The summed E-state index contributed by atoms with van der Waals surface area (Å²) in [5, 5.41) is 2.15. The van der Waals surface area contributed by atoms with Gasteiger partial charge in [0.25, 0.3) is 0 Å². The van der Waals surface area contributed by atoms with Gasteiger partial charge in [0, 0.05) is 5.38 Å². The third-order valence-electron chi connectivity index (χ3n) is 2.07. The summed E-state index contributed by atoms with van der Waals surface area (Å²) in [6.07, 6.45) is 3.66. The van der Waals surface area contributed by atoms with Crippen LogP contribution in [-0.4, -0.2) is 4.98 Å². The summed E-state index contributed by atoms with van der Waals surface area (Å²) in [5.74, 6) is 0. The molecule has 0 aromatic carbocycles. The molecule has 0 unspecified atom stereocenters. The van der Waals surface area contributed by atoms with Crippen molar-refractivity contribution in [1.29, 1.82) is 0 Å². The lowest BCUT2D eigenvalue weighted by Gasteiger charge is -2.22. The molecule has 2 heteroatoms. The lowest BCUT2D eigenvalue weighted by molar-refractivity contribution is 0.326. The van der Waals surface area contributed by atoms with Crippen LogP contribution in [0.1, 0.15) is 39.3 Å². The molecule has 0 amide bonds. The SMILES string of the molecule is CCCC(C)(C)Cc1cscn1. The van der Waals surface area contributed by atoms with Gasteiger partial charge in [-0.05, 0) is 18.3 Å². The predicted octanol–water partition coefficient (Wildman–Crippen LogP) is 3.51. The standard InChI is InChI=1S/C10H17NS/c1-4-5-10(2,3)6-9-7-12-8-11-9/h7-8H,4-6H2,1-3H3. The third kappa shape index (κ3) is 2.94. The van der Waals surface area contributed by atoms with Gasteiger partial charge in [-0.15, -0.1) is 11.3 Å². The Hall–Kier alpha value is -0.370. The highest BCUT2D eigenvalue weighted by Gasteiger charge is 2.17. The van der Waals surface area contributed by atoms with Gasteiger partial charge >= 0.3 is 0 Å². The number of nitrogens with zero attached hydrogens (tertiary/aromatic N) is 1. The minimum Gasteiger partial charge on any atom is -0.250 e. The molecule has 1 aromatic rings. The molecule has 0 saturated heterocycles. The zero-order valence-corrected chi connectivity index (χ0v) is 8.95. The largest absolute Gasteiger partial charge is 0.250 e. The Morgan fingerprint density at radius 2 is 2.25 bits per heavy atom. The third-order valence-corrected chi connectivity index (χ3v) is 2.71. The number of hydrogen-bond acceptors (Lipinski definition) is 2. The van der Waals surface area contributed by atoms with Crippen molar-refractivity contribution in [3.05, 3.63) is 16.6 Å². The van der Waals surface area contributed by atoms with Crippen molar-refractivity contribution in [3.63, 3.8) is 0 Å². The van der Waals surface area contributed by atoms with E-state index in [-0.39, 0.29) is 0 Å². The van der Waals surface area contributed by atoms with Gasteiger partial charge in [-0.1, -0.05) is 27.2 Å². The van der Waals surface area contributed by atoms with E-state index >= 15 is 0 Å². The predicted molar refractivity (Wildman–Crippen MR) is 54.5 cm³/mol. The van der Waals surface area contributed by atoms with Gasteiger partial charge in [-0.25, -0.2) is 4.98 Å². The van der Waals surface area contributed by atoms with Gasteiger partial charge in [0.05, 0.1) is 11.2 Å². The second kappa shape index (κ2) is 4.04. The van der Waals surface area contributed by atoms with E-state index in [0.29, 0.717) is 5.41 Å². The lowest BCUT2D eigenvalue weighted by atomic mass is 9.84. The molecule has 1 nitrogen and oxygen atoms in total. The summed E-state index contributed by atoms with van der Waals surface area (Å²) in [6, 6.07) is 0. The van der Waals surface area contributed by atoms with E-state index in [1.165, 1.54) is 18.5 Å². The van der Waals surface area contributed by atoms with Gasteiger partial charge in [-0.2, -0.15) is 0 Å². The first-order valence-electron chi connectivity index (χ1n) is 4.51. The molecular formula is C10H17NS. The molecule has 68 valence electrons. The molecule has 0 aliphatic carbocycles. The zero-order chi connectivity index (χ0) is 9.03. The Morgan fingerprint density at radius 3 is 2.75 bits per heavy atom. The second-order valence-electron chi connectivity index (χ2n) is 4.07. The summed E-state index contributed by atoms with van der Waals surface area (Å²) in [4.78, 5) is 4.30. The fourth-order valence-corrected chi connectivity index (χ4v) is 2.14. The van der Waals surface area contributed by atoms with Gasteiger partial charge in [0.2, 0.25) is 0 Å². The van der Waals surface area contributed by atoms with Crippen LogP contribution in [0.5, 0.6) is 0 Å². The normalized spacial score (nSPS) is 11.9. The first kappa shape index (κ1) is 9.72. The van der Waals surface area contributed by atoms with Crippen molar-refractivity contribution >= 4 is 11.3 Å². The van der Waals surface area contributed by atoms with Crippen LogP contribution in [0, 0.1) is 5.41 Å². The molecule has 0 atom stereocenters. The van der Waals surface area contributed by atoms with E-state index in [1.54, 1.807) is 11.3 Å². The molecule has 0 radical (unpaired) electrons. The van der Waals surface area contributed by atoms with Gasteiger partial charge in [0.1, 0.15) is 0 Å². The maximum atomic E-state index is 4.30. The highest BCUT2D eigenvalue weighted by Crippen LogP contribution is 2.26. The Bertz CT molecular complexity index is 214. The Kier molecular flexibility index (Phi) is 3.27. The number of rotatable bonds is 4. The summed E-state index contributed by atoms with van der Waals surface area (Å²) in [5.41, 5.74) is 3.58. The molecule has 1 aromatic heterocycles. The van der Waals surface area contributed by atoms with Gasteiger partial charge in [0.15, 0.2) is 0 Å². The van der Waals surface area contributed by atoms with Crippen molar-refractivity contribution in [2.24, 2.45) is 5.41 Å². The van der Waals surface area contributed by atoms with Crippen LogP contribution in [0.4, 0.5) is 0 Å². The number of thiazole rings is 1. The molecular weight excluding hydrogens is 166 g/mol. The highest BCUT2D eigenvalue weighted by atomic mass is 32.1. The maximum Gasteiger partial charge on any atom is 0.0794 e. The first-order valence-corrected chi connectivity index (χ1v) is 5.45. The minimum absolute atomic E-state index is 0.419. The van der Waals surface area contributed by atoms with Gasteiger partial charge < -0.3 is 0 Å². The van der Waals surface area contributed by atoms with Gasteiger partial charge in [-0.3, -0.25) is 0 Å². The average Bonchev–Trinajstić information content (AvgIpc) is 2.38. The van der Waals surface area contributed by atoms with Crippen molar-refractivity contribution in [1.82, 2.24) is 4.98 Å². The fraction of sp³-hybridized carbons (Fsp3) is 0.700. The van der Waals surface area contributed by atoms with Crippen molar-refractivity contribution in [3.8, 4) is 0 Å². The van der Waals surface area contributed by atoms with Crippen LogP contribution in [0.2, 0.25) is 0 Å². The zero-order valence-electron chi connectivity index (χ0n) is 8.13. The highest BCUT2D eigenvalue weighted by molar-refractivity contribution is 7.07. The van der Waals surface area contributed by atoms with E-state index in [9.17, 15) is 0 Å². The van der Waals surface area contributed by atoms with Crippen molar-refractivity contribution < 1.29 is 0 Å². The molecule has 1 heterocycles. The van der Waals surface area contributed by atoms with Crippen LogP contribution in [0.15, 0.2) is 10.9 Å². The van der Waals surface area contributed by atoms with Crippen LogP contribution in [0.3, 0.4) is 0 Å². The Morgan fingerprint density at radius 1 is 1.50 bits per heavy atom. The fourth-order valence-electron chi connectivity index (χ4n) is 1.58.